The highest BCUT2D eigenvalue weighted by Crippen LogP contribution is 2.35. The van der Waals surface area contributed by atoms with E-state index in [1.54, 1.807) is 12.1 Å². The van der Waals surface area contributed by atoms with Gasteiger partial charge in [-0.15, -0.1) is 11.3 Å². The smallest absolute Gasteiger partial charge is 0.283 e. The molecule has 0 spiro atoms. The Bertz CT molecular complexity index is 1220. The van der Waals surface area contributed by atoms with Gasteiger partial charge in [0.2, 0.25) is 0 Å². The molecule has 0 radical (unpaired) electrons. The number of hydrogen-bond acceptors (Lipinski definition) is 4. The second-order valence-corrected chi connectivity index (χ2v) is 7.24. The second-order valence-electron chi connectivity index (χ2n) is 5.81. The first-order valence-corrected chi connectivity index (χ1v) is 9.15. The fourth-order valence-electron chi connectivity index (χ4n) is 2.77. The third-order valence-electron chi connectivity index (χ3n) is 4.10. The number of hydrazone groups is 1. The maximum Gasteiger partial charge on any atom is 0.283 e. The van der Waals surface area contributed by atoms with Gasteiger partial charge in [0.05, 0.1) is 11.2 Å². The lowest BCUT2D eigenvalue weighted by atomic mass is 10.1. The van der Waals surface area contributed by atoms with E-state index in [4.69, 9.17) is 11.6 Å². The van der Waals surface area contributed by atoms with E-state index in [1.807, 2.05) is 24.3 Å². The van der Waals surface area contributed by atoms with Crippen LogP contribution in [0.4, 0.5) is 4.39 Å². The van der Waals surface area contributed by atoms with Crippen molar-refractivity contribution >= 4 is 55.9 Å². The largest absolute Gasteiger partial charge is 0.507 e. The number of rotatable bonds is 3. The first kappa shape index (κ1) is 17.5. The van der Waals surface area contributed by atoms with Crippen LogP contribution in [0.1, 0.15) is 15.2 Å². The summed E-state index contributed by atoms with van der Waals surface area (Å²) in [6.45, 7) is 0. The predicted octanol–water partition coefficient (Wildman–Crippen LogP) is 5.32. The molecule has 1 amide bonds. The SMILES string of the molecule is O=C(NN=Cc1ccc2ccccc2c1O)c1sc2cc(F)ccc2c1Cl. The Hall–Kier alpha value is -2.96. The molecule has 4 rings (SSSR count). The minimum Gasteiger partial charge on any atom is -0.507 e. The number of hydrogen-bond donors (Lipinski definition) is 2. The number of phenols is 1. The summed E-state index contributed by atoms with van der Waals surface area (Å²) in [6.07, 6.45) is 1.36. The monoisotopic (exact) mass is 398 g/mol. The molecule has 7 heteroatoms. The van der Waals surface area contributed by atoms with Crippen molar-refractivity contribution in [2.75, 3.05) is 0 Å². The second kappa shape index (κ2) is 6.98. The van der Waals surface area contributed by atoms with Crippen LogP contribution in [0.2, 0.25) is 5.02 Å². The first-order valence-electron chi connectivity index (χ1n) is 7.96. The Labute approximate surface area is 162 Å². The topological polar surface area (TPSA) is 61.7 Å². The summed E-state index contributed by atoms with van der Waals surface area (Å²) < 4.78 is 13.9. The fraction of sp³-hybridized carbons (Fsp3) is 0. The average Bonchev–Trinajstić information content (AvgIpc) is 2.99. The van der Waals surface area contributed by atoms with Crippen LogP contribution in [0.3, 0.4) is 0 Å². The highest BCUT2D eigenvalue weighted by Gasteiger charge is 2.17. The highest BCUT2D eigenvalue weighted by molar-refractivity contribution is 7.21. The number of carbonyl (C=O) groups excluding carboxylic acids is 1. The number of benzene rings is 3. The van der Waals surface area contributed by atoms with E-state index >= 15 is 0 Å². The number of aromatic hydroxyl groups is 1. The van der Waals surface area contributed by atoms with Crippen molar-refractivity contribution in [1.82, 2.24) is 5.43 Å². The standard InChI is InChI=1S/C20H12ClFN2O2S/c21-17-15-8-7-13(22)9-16(15)27-19(17)20(26)24-23-10-12-6-5-11-3-1-2-4-14(11)18(12)25/h1-10,25H,(H,24,26). The average molecular weight is 399 g/mol. The quantitative estimate of drug-likeness (QED) is 0.362. The predicted molar refractivity (Wildman–Crippen MR) is 107 cm³/mol. The summed E-state index contributed by atoms with van der Waals surface area (Å²) >= 11 is 7.32. The molecule has 1 aromatic heterocycles. The van der Waals surface area contributed by atoms with Gasteiger partial charge in [-0.2, -0.15) is 5.10 Å². The lowest BCUT2D eigenvalue weighted by Gasteiger charge is -2.04. The number of phenolic OH excluding ortho intramolecular Hbond substituents is 1. The molecule has 0 unspecified atom stereocenters. The molecule has 0 saturated heterocycles. The highest BCUT2D eigenvalue weighted by atomic mass is 35.5. The normalized spacial score (nSPS) is 11.5. The van der Waals surface area contributed by atoms with Crippen LogP contribution < -0.4 is 5.43 Å². The molecule has 134 valence electrons. The van der Waals surface area contributed by atoms with Crippen molar-refractivity contribution in [3.63, 3.8) is 0 Å². The number of halogens is 2. The van der Waals surface area contributed by atoms with Gasteiger partial charge >= 0.3 is 0 Å². The van der Waals surface area contributed by atoms with Crippen LogP contribution in [0, 0.1) is 5.82 Å². The van der Waals surface area contributed by atoms with Gasteiger partial charge < -0.3 is 5.11 Å². The number of nitrogens with zero attached hydrogens (tertiary/aromatic N) is 1. The minimum absolute atomic E-state index is 0.0847. The van der Waals surface area contributed by atoms with E-state index in [2.05, 4.69) is 10.5 Å². The molecule has 0 bridgehead atoms. The number of fused-ring (bicyclic) bond motifs is 2. The van der Waals surface area contributed by atoms with Crippen LogP contribution in [-0.2, 0) is 0 Å². The molecule has 3 aromatic carbocycles. The first-order chi connectivity index (χ1) is 13.0. The molecule has 0 aliphatic heterocycles. The van der Waals surface area contributed by atoms with Gasteiger partial charge in [-0.05, 0) is 29.7 Å². The molecule has 0 fully saturated rings. The van der Waals surface area contributed by atoms with Crippen molar-refractivity contribution in [3.8, 4) is 5.75 Å². The molecular formula is C20H12ClFN2O2S. The lowest BCUT2D eigenvalue weighted by molar-refractivity contribution is 0.0959. The molecular weight excluding hydrogens is 387 g/mol. The Morgan fingerprint density at radius 2 is 1.96 bits per heavy atom. The maximum atomic E-state index is 13.3. The Kier molecular flexibility index (Phi) is 4.51. The summed E-state index contributed by atoms with van der Waals surface area (Å²) in [4.78, 5) is 12.6. The third kappa shape index (κ3) is 3.25. The molecule has 27 heavy (non-hydrogen) atoms. The molecule has 0 aliphatic rings. The van der Waals surface area contributed by atoms with E-state index in [0.717, 1.165) is 16.7 Å². The molecule has 1 heterocycles. The van der Waals surface area contributed by atoms with Gasteiger partial charge in [0.15, 0.2) is 0 Å². The van der Waals surface area contributed by atoms with Crippen LogP contribution in [0.15, 0.2) is 59.7 Å². The molecule has 0 aliphatic carbocycles. The van der Waals surface area contributed by atoms with Gasteiger partial charge in [0.1, 0.15) is 16.4 Å². The molecule has 4 nitrogen and oxygen atoms in total. The van der Waals surface area contributed by atoms with E-state index in [-0.39, 0.29) is 15.6 Å². The zero-order chi connectivity index (χ0) is 19.0. The zero-order valence-electron chi connectivity index (χ0n) is 13.7. The number of amides is 1. The molecule has 4 aromatic rings. The summed E-state index contributed by atoms with van der Waals surface area (Å²) in [5.74, 6) is -0.809. The molecule has 2 N–H and O–H groups in total. The Morgan fingerprint density at radius 3 is 2.81 bits per heavy atom. The van der Waals surface area contributed by atoms with E-state index in [0.29, 0.717) is 21.0 Å². The molecule has 0 saturated carbocycles. The van der Waals surface area contributed by atoms with Crippen molar-refractivity contribution in [3.05, 3.63) is 75.9 Å². The van der Waals surface area contributed by atoms with E-state index in [9.17, 15) is 14.3 Å². The van der Waals surface area contributed by atoms with Crippen LogP contribution in [-0.4, -0.2) is 17.2 Å². The van der Waals surface area contributed by atoms with E-state index < -0.39 is 11.7 Å². The molecule has 0 atom stereocenters. The van der Waals surface area contributed by atoms with Crippen molar-refractivity contribution < 1.29 is 14.3 Å². The van der Waals surface area contributed by atoms with Crippen LogP contribution >= 0.6 is 22.9 Å². The summed E-state index contributed by atoms with van der Waals surface area (Å²) in [5.41, 5.74) is 2.86. The van der Waals surface area contributed by atoms with Gasteiger partial charge in [0, 0.05) is 21.0 Å². The van der Waals surface area contributed by atoms with E-state index in [1.165, 1.54) is 24.4 Å². The Balaban J connectivity index is 1.58. The van der Waals surface area contributed by atoms with Crippen molar-refractivity contribution in [2.45, 2.75) is 0 Å². The van der Waals surface area contributed by atoms with Gasteiger partial charge in [-0.25, -0.2) is 9.82 Å². The zero-order valence-corrected chi connectivity index (χ0v) is 15.3. The summed E-state index contributed by atoms with van der Waals surface area (Å²) in [6, 6.07) is 15.1. The lowest BCUT2D eigenvalue weighted by Crippen LogP contribution is -2.16. The third-order valence-corrected chi connectivity index (χ3v) is 5.76. The maximum absolute atomic E-state index is 13.3. The number of carbonyl (C=O) groups is 1. The van der Waals surface area contributed by atoms with Crippen molar-refractivity contribution in [2.24, 2.45) is 5.10 Å². The minimum atomic E-state index is -0.502. The summed E-state index contributed by atoms with van der Waals surface area (Å²) in [5, 5.41) is 16.7. The number of thiophene rings is 1. The summed E-state index contributed by atoms with van der Waals surface area (Å²) in [7, 11) is 0. The Morgan fingerprint density at radius 1 is 1.15 bits per heavy atom. The van der Waals surface area contributed by atoms with Crippen LogP contribution in [0.5, 0.6) is 5.75 Å². The van der Waals surface area contributed by atoms with Gasteiger partial charge in [0.25, 0.3) is 5.91 Å². The van der Waals surface area contributed by atoms with Gasteiger partial charge in [-0.1, -0.05) is 41.9 Å². The van der Waals surface area contributed by atoms with Gasteiger partial charge in [-0.3, -0.25) is 4.79 Å². The fourth-order valence-corrected chi connectivity index (χ4v) is 4.20. The van der Waals surface area contributed by atoms with Crippen molar-refractivity contribution in [1.29, 1.82) is 0 Å². The number of nitrogens with one attached hydrogen (secondary N) is 1. The van der Waals surface area contributed by atoms with Crippen LogP contribution in [0.25, 0.3) is 20.9 Å².